The monoisotopic (exact) mass is 304 g/mol. The fourth-order valence-corrected chi connectivity index (χ4v) is 2.41. The zero-order valence-electron chi connectivity index (χ0n) is 11.6. The number of nitrogens with zero attached hydrogens (tertiary/aromatic N) is 4. The van der Waals surface area contributed by atoms with Crippen molar-refractivity contribution in [3.8, 4) is 5.69 Å². The van der Waals surface area contributed by atoms with Crippen molar-refractivity contribution in [3.05, 3.63) is 59.0 Å². The fourth-order valence-electron chi connectivity index (χ4n) is 2.41. The average Bonchev–Trinajstić information content (AvgIpc) is 2.98. The normalized spacial score (nSPS) is 10.8. The van der Waals surface area contributed by atoms with Gasteiger partial charge in [0.2, 0.25) is 6.08 Å². The van der Waals surface area contributed by atoms with Crippen LogP contribution < -0.4 is 5.63 Å². The van der Waals surface area contributed by atoms with Gasteiger partial charge in [0.05, 0.1) is 11.2 Å². The molecule has 7 heteroatoms. The third kappa shape index (κ3) is 2.12. The molecule has 4 aromatic rings. The average molecular weight is 304 g/mol. The molecule has 0 spiro atoms. The van der Waals surface area contributed by atoms with Crippen molar-refractivity contribution >= 4 is 33.8 Å². The summed E-state index contributed by atoms with van der Waals surface area (Å²) >= 11 is 0. The Balaban J connectivity index is 1.97. The van der Waals surface area contributed by atoms with Crippen molar-refractivity contribution < 1.29 is 9.21 Å². The maximum absolute atomic E-state index is 12.3. The number of benzene rings is 2. The van der Waals surface area contributed by atoms with Crippen LogP contribution >= 0.6 is 0 Å². The molecular formula is C16H8N4O3. The van der Waals surface area contributed by atoms with Crippen molar-refractivity contribution in [1.29, 1.82) is 0 Å². The van der Waals surface area contributed by atoms with Crippen LogP contribution in [0.1, 0.15) is 0 Å². The van der Waals surface area contributed by atoms with Crippen molar-refractivity contribution in [2.75, 3.05) is 0 Å². The maximum Gasteiger partial charge on any atom is 0.362 e. The number of aliphatic imine (C=N–C) groups is 1. The highest BCUT2D eigenvalue weighted by Crippen LogP contribution is 2.22. The molecule has 4 rings (SSSR count). The Morgan fingerprint density at radius 1 is 1.13 bits per heavy atom. The third-order valence-corrected chi connectivity index (χ3v) is 3.46. The molecule has 0 unspecified atom stereocenters. The molecule has 0 N–H and O–H groups in total. The minimum atomic E-state index is -0.555. The van der Waals surface area contributed by atoms with E-state index in [0.717, 1.165) is 0 Å². The summed E-state index contributed by atoms with van der Waals surface area (Å²) in [5.41, 5.74) is 1.80. The lowest BCUT2D eigenvalue weighted by atomic mass is 10.2. The number of fused-ring (bicyclic) bond motifs is 2. The fraction of sp³-hybridized carbons (Fsp3) is 0. The predicted molar refractivity (Wildman–Crippen MR) is 82.7 cm³/mol. The highest BCUT2D eigenvalue weighted by Gasteiger charge is 2.12. The summed E-state index contributed by atoms with van der Waals surface area (Å²) in [4.78, 5) is 26.1. The molecule has 7 nitrogen and oxygen atoms in total. The predicted octanol–water partition coefficient (Wildman–Crippen LogP) is 2.49. The first-order valence-electron chi connectivity index (χ1n) is 6.73. The molecule has 0 amide bonds. The van der Waals surface area contributed by atoms with Gasteiger partial charge in [-0.1, -0.05) is 17.3 Å². The standard InChI is InChI=1S/C16H8N4O3/c21-9-17-11-6-5-10-7-14(16(22)23-15(10)8-11)20-13-4-2-1-3-12(13)18-19-20/h1-8H. The molecule has 0 saturated heterocycles. The molecule has 0 fully saturated rings. The van der Waals surface area contributed by atoms with E-state index >= 15 is 0 Å². The van der Waals surface area contributed by atoms with Crippen molar-refractivity contribution in [2.24, 2.45) is 4.99 Å². The second kappa shape index (κ2) is 5.01. The van der Waals surface area contributed by atoms with Crippen molar-refractivity contribution in [3.63, 3.8) is 0 Å². The first kappa shape index (κ1) is 13.1. The molecule has 110 valence electrons. The van der Waals surface area contributed by atoms with Crippen LogP contribution in [0.25, 0.3) is 27.7 Å². The lowest BCUT2D eigenvalue weighted by molar-refractivity contribution is 0.552. The SMILES string of the molecule is O=C=Nc1ccc2cc(-n3nnc4ccccc43)c(=O)oc2c1. The smallest absolute Gasteiger partial charge is 0.362 e. The lowest BCUT2D eigenvalue weighted by Gasteiger charge is -2.03. The van der Waals surface area contributed by atoms with E-state index in [0.29, 0.717) is 27.7 Å². The summed E-state index contributed by atoms with van der Waals surface area (Å²) in [6.45, 7) is 0. The van der Waals surface area contributed by atoms with Gasteiger partial charge in [-0.3, -0.25) is 0 Å². The molecule has 23 heavy (non-hydrogen) atoms. The number of para-hydroxylation sites is 1. The van der Waals surface area contributed by atoms with Gasteiger partial charge in [0.25, 0.3) is 0 Å². The summed E-state index contributed by atoms with van der Waals surface area (Å²) in [5, 5.41) is 8.73. The molecule has 0 aliphatic carbocycles. The Hall–Kier alpha value is -3.57. The minimum Gasteiger partial charge on any atom is -0.421 e. The van der Waals surface area contributed by atoms with E-state index in [1.807, 2.05) is 24.3 Å². The van der Waals surface area contributed by atoms with Gasteiger partial charge >= 0.3 is 5.63 Å². The number of hydrogen-bond donors (Lipinski definition) is 0. The number of rotatable bonds is 2. The molecule has 2 heterocycles. The third-order valence-electron chi connectivity index (χ3n) is 3.46. The van der Waals surface area contributed by atoms with E-state index in [1.54, 1.807) is 18.2 Å². The van der Waals surface area contributed by atoms with Gasteiger partial charge in [0, 0.05) is 11.5 Å². The van der Waals surface area contributed by atoms with Gasteiger partial charge in [0.15, 0.2) is 5.69 Å². The first-order chi connectivity index (χ1) is 11.3. The van der Waals surface area contributed by atoms with E-state index in [2.05, 4.69) is 15.3 Å². The largest absolute Gasteiger partial charge is 0.421 e. The number of aromatic nitrogens is 3. The van der Waals surface area contributed by atoms with E-state index in [4.69, 9.17) is 4.42 Å². The van der Waals surface area contributed by atoms with Gasteiger partial charge in [-0.25, -0.2) is 14.3 Å². The summed E-state index contributed by atoms with van der Waals surface area (Å²) in [6, 6.07) is 13.8. The second-order valence-corrected chi connectivity index (χ2v) is 4.83. The summed E-state index contributed by atoms with van der Waals surface area (Å²) in [5.74, 6) is 0. The molecule has 0 aliphatic rings. The Kier molecular flexibility index (Phi) is 2.86. The Labute approximate surface area is 128 Å². The van der Waals surface area contributed by atoms with Crippen molar-refractivity contribution in [1.82, 2.24) is 15.0 Å². The molecule has 0 saturated carbocycles. The molecule has 2 aromatic heterocycles. The van der Waals surface area contributed by atoms with Crippen LogP contribution in [0.15, 0.2) is 62.7 Å². The highest BCUT2D eigenvalue weighted by atomic mass is 16.4. The number of isocyanates is 1. The van der Waals surface area contributed by atoms with Gasteiger partial charge in [0.1, 0.15) is 11.1 Å². The quantitative estimate of drug-likeness (QED) is 0.322. The lowest BCUT2D eigenvalue weighted by Crippen LogP contribution is -2.11. The maximum atomic E-state index is 12.3. The topological polar surface area (TPSA) is 90.4 Å². The van der Waals surface area contributed by atoms with Crippen LogP contribution in [0.2, 0.25) is 0 Å². The molecule has 0 aliphatic heterocycles. The van der Waals surface area contributed by atoms with Crippen LogP contribution in [-0.4, -0.2) is 21.1 Å². The van der Waals surface area contributed by atoms with Crippen molar-refractivity contribution in [2.45, 2.75) is 0 Å². The number of carbonyl (C=O) groups excluding carboxylic acids is 1. The molecule has 0 radical (unpaired) electrons. The number of hydrogen-bond acceptors (Lipinski definition) is 6. The Morgan fingerprint density at radius 2 is 2.00 bits per heavy atom. The van der Waals surface area contributed by atoms with Crippen LogP contribution in [-0.2, 0) is 4.79 Å². The van der Waals surface area contributed by atoms with E-state index in [1.165, 1.54) is 16.8 Å². The highest BCUT2D eigenvalue weighted by molar-refractivity contribution is 5.82. The summed E-state index contributed by atoms with van der Waals surface area (Å²) in [6.07, 6.45) is 1.45. The van der Waals surface area contributed by atoms with Crippen LogP contribution in [0.3, 0.4) is 0 Å². The van der Waals surface area contributed by atoms with E-state index < -0.39 is 5.63 Å². The van der Waals surface area contributed by atoms with E-state index in [9.17, 15) is 9.59 Å². The molecule has 0 atom stereocenters. The van der Waals surface area contributed by atoms with Gasteiger partial charge in [-0.05, 0) is 30.3 Å². The second-order valence-electron chi connectivity index (χ2n) is 4.83. The molecule has 2 aromatic carbocycles. The molecule has 0 bridgehead atoms. The molecular weight excluding hydrogens is 296 g/mol. The van der Waals surface area contributed by atoms with Gasteiger partial charge < -0.3 is 4.42 Å². The van der Waals surface area contributed by atoms with Gasteiger partial charge in [-0.2, -0.15) is 4.99 Å². The summed E-state index contributed by atoms with van der Waals surface area (Å²) in [7, 11) is 0. The zero-order valence-corrected chi connectivity index (χ0v) is 11.6. The first-order valence-corrected chi connectivity index (χ1v) is 6.73. The zero-order chi connectivity index (χ0) is 15.8. The minimum absolute atomic E-state index is 0.262. The Bertz CT molecular complexity index is 1150. The van der Waals surface area contributed by atoms with E-state index in [-0.39, 0.29) is 5.69 Å². The Morgan fingerprint density at radius 3 is 2.87 bits per heavy atom. The van der Waals surface area contributed by atoms with Crippen LogP contribution in [0.4, 0.5) is 5.69 Å². The van der Waals surface area contributed by atoms with Crippen LogP contribution in [0.5, 0.6) is 0 Å². The van der Waals surface area contributed by atoms with Gasteiger partial charge in [-0.15, -0.1) is 5.10 Å². The van der Waals surface area contributed by atoms with Crippen LogP contribution in [0, 0.1) is 0 Å². The summed E-state index contributed by atoms with van der Waals surface area (Å²) < 4.78 is 6.76.